The summed E-state index contributed by atoms with van der Waals surface area (Å²) in [6.07, 6.45) is -4.83. The lowest BCUT2D eigenvalue weighted by molar-refractivity contribution is -0.140. The van der Waals surface area contributed by atoms with E-state index in [2.05, 4.69) is 10.2 Å². The average Bonchev–Trinajstić information content (AvgIpc) is 3.13. The van der Waals surface area contributed by atoms with Crippen LogP contribution in [0, 0.1) is 5.82 Å². The molecule has 0 amide bonds. The Morgan fingerprint density at radius 3 is 2.39 bits per heavy atom. The Labute approximate surface area is 179 Å². The smallest absolute Gasteiger partial charge is 0.435 e. The molecule has 3 aromatic rings. The first-order chi connectivity index (χ1) is 14.5. The first-order valence-corrected chi connectivity index (χ1v) is 10.7. The number of nitrogens with one attached hydrogen (secondary N) is 1. The van der Waals surface area contributed by atoms with Crippen LogP contribution in [0.4, 0.5) is 17.6 Å². The SMILES string of the molecule is COc1ccc(-c2c(C(F)(F)F)n[nH]c2-c2ccc(S(=O)(=O)CCO)c(F)c2)cc1Cl. The molecule has 2 N–H and O–H groups in total. The second-order valence-corrected chi connectivity index (χ2v) is 8.84. The van der Waals surface area contributed by atoms with Gasteiger partial charge in [-0.3, -0.25) is 5.10 Å². The lowest BCUT2D eigenvalue weighted by Gasteiger charge is -2.11. The molecule has 0 spiro atoms. The van der Waals surface area contributed by atoms with Crippen LogP contribution >= 0.6 is 11.6 Å². The number of aromatic nitrogens is 2. The number of aromatic amines is 1. The van der Waals surface area contributed by atoms with Gasteiger partial charge in [0.15, 0.2) is 15.5 Å². The van der Waals surface area contributed by atoms with Crippen LogP contribution in [0.2, 0.25) is 5.02 Å². The van der Waals surface area contributed by atoms with E-state index in [0.717, 1.165) is 18.2 Å². The van der Waals surface area contributed by atoms with Gasteiger partial charge in [0, 0.05) is 11.1 Å². The highest BCUT2D eigenvalue weighted by molar-refractivity contribution is 7.91. The van der Waals surface area contributed by atoms with Gasteiger partial charge in [-0.1, -0.05) is 23.7 Å². The highest BCUT2D eigenvalue weighted by Gasteiger charge is 2.39. The third-order valence-electron chi connectivity index (χ3n) is 4.39. The molecule has 0 saturated carbocycles. The molecular weight excluding hydrogens is 464 g/mol. The minimum absolute atomic E-state index is 0.0410. The molecule has 0 atom stereocenters. The fourth-order valence-electron chi connectivity index (χ4n) is 3.00. The monoisotopic (exact) mass is 478 g/mol. The van der Waals surface area contributed by atoms with Gasteiger partial charge in [0.05, 0.1) is 30.2 Å². The van der Waals surface area contributed by atoms with E-state index in [-0.39, 0.29) is 33.2 Å². The molecule has 0 bridgehead atoms. The number of halogens is 5. The number of rotatable bonds is 6. The zero-order valence-electron chi connectivity index (χ0n) is 15.8. The van der Waals surface area contributed by atoms with Crippen molar-refractivity contribution < 1.29 is 35.8 Å². The Morgan fingerprint density at radius 2 is 1.84 bits per heavy atom. The second-order valence-electron chi connectivity index (χ2n) is 6.36. The van der Waals surface area contributed by atoms with Crippen LogP contribution in [-0.4, -0.2) is 43.2 Å². The van der Waals surface area contributed by atoms with Gasteiger partial charge in [0.1, 0.15) is 16.5 Å². The molecular formula is C19H15ClF4N2O4S. The van der Waals surface area contributed by atoms with Gasteiger partial charge < -0.3 is 9.84 Å². The number of hydrogen-bond donors (Lipinski definition) is 2. The summed E-state index contributed by atoms with van der Waals surface area (Å²) in [5, 5.41) is 14.5. The summed E-state index contributed by atoms with van der Waals surface area (Å²) < 4.78 is 84.3. The molecule has 0 saturated heterocycles. The molecule has 2 aromatic carbocycles. The van der Waals surface area contributed by atoms with Crippen molar-refractivity contribution in [2.45, 2.75) is 11.1 Å². The highest BCUT2D eigenvalue weighted by Crippen LogP contribution is 2.43. The first kappa shape index (κ1) is 23.0. The van der Waals surface area contributed by atoms with Gasteiger partial charge in [0.25, 0.3) is 0 Å². The van der Waals surface area contributed by atoms with Gasteiger partial charge in [-0.2, -0.15) is 18.3 Å². The Balaban J connectivity index is 2.20. The molecule has 1 heterocycles. The van der Waals surface area contributed by atoms with Crippen molar-refractivity contribution in [3.63, 3.8) is 0 Å². The number of ether oxygens (including phenoxy) is 1. The Morgan fingerprint density at radius 1 is 1.16 bits per heavy atom. The zero-order chi connectivity index (χ0) is 23.0. The molecule has 0 aliphatic heterocycles. The molecule has 12 heteroatoms. The third-order valence-corrected chi connectivity index (χ3v) is 6.41. The number of alkyl halides is 3. The predicted octanol–water partition coefficient (Wildman–Crippen LogP) is 4.33. The van der Waals surface area contributed by atoms with Crippen LogP contribution in [0.5, 0.6) is 5.75 Å². The van der Waals surface area contributed by atoms with E-state index in [9.17, 15) is 26.0 Å². The lowest BCUT2D eigenvalue weighted by Crippen LogP contribution is -2.11. The van der Waals surface area contributed by atoms with Crippen molar-refractivity contribution in [1.29, 1.82) is 0 Å². The predicted molar refractivity (Wildman–Crippen MR) is 105 cm³/mol. The quantitative estimate of drug-likeness (QED) is 0.514. The van der Waals surface area contributed by atoms with Crippen LogP contribution in [0.15, 0.2) is 41.3 Å². The third kappa shape index (κ3) is 4.53. The molecule has 166 valence electrons. The van der Waals surface area contributed by atoms with Crippen LogP contribution in [0.3, 0.4) is 0 Å². The van der Waals surface area contributed by atoms with Crippen LogP contribution in [0.1, 0.15) is 5.69 Å². The zero-order valence-corrected chi connectivity index (χ0v) is 17.4. The summed E-state index contributed by atoms with van der Waals surface area (Å²) in [5.74, 6) is -1.62. The molecule has 6 nitrogen and oxygen atoms in total. The Hall–Kier alpha value is -2.63. The molecule has 3 rings (SSSR count). The van der Waals surface area contributed by atoms with Gasteiger partial charge >= 0.3 is 6.18 Å². The van der Waals surface area contributed by atoms with E-state index in [1.54, 1.807) is 0 Å². The number of methoxy groups -OCH3 is 1. The topological polar surface area (TPSA) is 92.3 Å². The van der Waals surface area contributed by atoms with E-state index in [1.165, 1.54) is 25.3 Å². The van der Waals surface area contributed by atoms with Gasteiger partial charge in [-0.15, -0.1) is 0 Å². The number of nitrogens with zero attached hydrogens (tertiary/aromatic N) is 1. The minimum atomic E-state index is -4.83. The number of sulfone groups is 1. The normalized spacial score (nSPS) is 12.2. The minimum Gasteiger partial charge on any atom is -0.495 e. The lowest BCUT2D eigenvalue weighted by atomic mass is 9.98. The molecule has 0 aliphatic carbocycles. The van der Waals surface area contributed by atoms with Crippen molar-refractivity contribution in [2.75, 3.05) is 19.5 Å². The Bertz CT molecular complexity index is 1230. The van der Waals surface area contributed by atoms with Gasteiger partial charge in [0.2, 0.25) is 0 Å². The fraction of sp³-hybridized carbons (Fsp3) is 0.211. The van der Waals surface area contributed by atoms with Crippen molar-refractivity contribution in [3.8, 4) is 28.1 Å². The summed E-state index contributed by atoms with van der Waals surface area (Å²) in [5.41, 5.74) is -1.84. The molecule has 0 fully saturated rings. The van der Waals surface area contributed by atoms with Crippen molar-refractivity contribution in [2.24, 2.45) is 0 Å². The number of aliphatic hydroxyl groups excluding tert-OH is 1. The first-order valence-electron chi connectivity index (χ1n) is 8.62. The second kappa shape index (κ2) is 8.48. The standard InChI is InChI=1S/C19H15ClF4N2O4S/c1-30-14-4-2-10(8-12(14)20)16-17(25-26-18(16)19(22,23)24)11-3-5-15(13(21)9-11)31(28,29)7-6-27/h2-5,8-9,27H,6-7H2,1H3,(H,25,26). The van der Waals surface area contributed by atoms with E-state index < -0.39 is 44.8 Å². The fourth-order valence-corrected chi connectivity index (χ4v) is 4.35. The van der Waals surface area contributed by atoms with Crippen LogP contribution < -0.4 is 4.74 Å². The molecule has 0 unspecified atom stereocenters. The average molecular weight is 479 g/mol. The van der Waals surface area contributed by atoms with Crippen LogP contribution in [-0.2, 0) is 16.0 Å². The summed E-state index contributed by atoms with van der Waals surface area (Å²) in [7, 11) is -2.75. The van der Waals surface area contributed by atoms with Crippen LogP contribution in [0.25, 0.3) is 22.4 Å². The molecule has 31 heavy (non-hydrogen) atoms. The molecule has 1 aromatic heterocycles. The number of hydrogen-bond acceptors (Lipinski definition) is 5. The number of H-pyrrole nitrogens is 1. The maximum atomic E-state index is 14.5. The molecule has 0 radical (unpaired) electrons. The van der Waals surface area contributed by atoms with E-state index in [4.69, 9.17) is 21.4 Å². The summed E-state index contributed by atoms with van der Waals surface area (Å²) in [4.78, 5) is -0.671. The number of aliphatic hydroxyl groups is 1. The maximum Gasteiger partial charge on any atom is 0.435 e. The largest absolute Gasteiger partial charge is 0.495 e. The number of benzene rings is 2. The summed E-state index contributed by atoms with van der Waals surface area (Å²) in [6, 6.07) is 6.82. The Kier molecular flexibility index (Phi) is 6.30. The molecule has 0 aliphatic rings. The van der Waals surface area contributed by atoms with Crippen molar-refractivity contribution in [1.82, 2.24) is 10.2 Å². The highest BCUT2D eigenvalue weighted by atomic mass is 35.5. The summed E-state index contributed by atoms with van der Waals surface area (Å²) in [6.45, 7) is -0.707. The van der Waals surface area contributed by atoms with Crippen molar-refractivity contribution in [3.05, 3.63) is 52.9 Å². The van der Waals surface area contributed by atoms with E-state index in [0.29, 0.717) is 0 Å². The van der Waals surface area contributed by atoms with E-state index in [1.807, 2.05) is 0 Å². The van der Waals surface area contributed by atoms with Gasteiger partial charge in [-0.05, 0) is 29.8 Å². The summed E-state index contributed by atoms with van der Waals surface area (Å²) >= 11 is 6.05. The van der Waals surface area contributed by atoms with Gasteiger partial charge in [-0.25, -0.2) is 12.8 Å². The maximum absolute atomic E-state index is 14.5. The van der Waals surface area contributed by atoms with E-state index >= 15 is 0 Å². The van der Waals surface area contributed by atoms with Crippen molar-refractivity contribution >= 4 is 21.4 Å².